The number of hydrogen-bond donors (Lipinski definition) is 2. The van der Waals surface area contributed by atoms with Gasteiger partial charge in [-0.05, 0) is 37.5 Å². The van der Waals surface area contributed by atoms with Gasteiger partial charge >= 0.3 is 5.97 Å². The first-order valence-electron chi connectivity index (χ1n) is 7.33. The molecule has 1 fully saturated rings. The first-order chi connectivity index (χ1) is 9.16. The second kappa shape index (κ2) is 6.73. The van der Waals surface area contributed by atoms with Crippen LogP contribution in [0, 0.1) is 17.8 Å². The molecule has 0 bridgehead atoms. The predicted molar refractivity (Wildman–Crippen MR) is 72.6 cm³/mol. The van der Waals surface area contributed by atoms with Crippen LogP contribution >= 0.6 is 0 Å². The van der Waals surface area contributed by atoms with Crippen LogP contribution in [0.5, 0.6) is 0 Å². The molecule has 0 saturated heterocycles. The maximum Gasteiger partial charge on any atom is 0.306 e. The van der Waals surface area contributed by atoms with Crippen LogP contribution < -0.4 is 5.32 Å². The van der Waals surface area contributed by atoms with Gasteiger partial charge in [0.15, 0.2) is 0 Å². The van der Waals surface area contributed by atoms with Crippen LogP contribution in [0.2, 0.25) is 0 Å². The highest BCUT2D eigenvalue weighted by Gasteiger charge is 2.30. The molecular weight excluding hydrogens is 242 g/mol. The molecule has 3 atom stereocenters. The van der Waals surface area contributed by atoms with Crippen LogP contribution in [0.4, 0.5) is 0 Å². The first-order valence-corrected chi connectivity index (χ1v) is 7.33. The van der Waals surface area contributed by atoms with E-state index in [1.165, 1.54) is 0 Å². The minimum absolute atomic E-state index is 0.0614. The Hall–Kier alpha value is -1.32. The van der Waals surface area contributed by atoms with Crippen molar-refractivity contribution in [3.63, 3.8) is 0 Å². The summed E-state index contributed by atoms with van der Waals surface area (Å²) in [7, 11) is 0. The lowest BCUT2D eigenvalue weighted by atomic mass is 9.79. The highest BCUT2D eigenvalue weighted by molar-refractivity contribution is 5.76. The quantitative estimate of drug-likeness (QED) is 0.750. The number of carboxylic acid groups (broad SMARTS) is 1. The molecule has 4 nitrogen and oxygen atoms in total. The highest BCUT2D eigenvalue weighted by atomic mass is 16.4. The SMILES string of the molecule is O=C(CC1C=CCC1)NCC1CCCCC1C(=O)O. The number of aliphatic carboxylic acids is 1. The lowest BCUT2D eigenvalue weighted by molar-refractivity contribution is -0.145. The van der Waals surface area contributed by atoms with Gasteiger partial charge in [0.25, 0.3) is 0 Å². The average Bonchev–Trinajstić information content (AvgIpc) is 2.89. The predicted octanol–water partition coefficient (Wildman–Crippen LogP) is 2.35. The standard InChI is InChI=1S/C15H23NO3/c17-14(9-11-5-1-2-6-11)16-10-12-7-3-4-8-13(12)15(18)19/h1,5,11-13H,2-4,6-10H2,(H,16,17)(H,18,19). The van der Waals surface area contributed by atoms with Crippen LogP contribution in [0.25, 0.3) is 0 Å². The monoisotopic (exact) mass is 265 g/mol. The minimum Gasteiger partial charge on any atom is -0.481 e. The summed E-state index contributed by atoms with van der Waals surface area (Å²) in [6.45, 7) is 0.520. The van der Waals surface area contributed by atoms with E-state index < -0.39 is 5.97 Å². The van der Waals surface area contributed by atoms with E-state index in [1.807, 2.05) is 0 Å². The topological polar surface area (TPSA) is 66.4 Å². The smallest absolute Gasteiger partial charge is 0.306 e. The summed E-state index contributed by atoms with van der Waals surface area (Å²) >= 11 is 0. The van der Waals surface area contributed by atoms with Crippen molar-refractivity contribution in [2.24, 2.45) is 17.8 Å². The number of nitrogens with one attached hydrogen (secondary N) is 1. The Bertz CT molecular complexity index is 364. The molecule has 1 amide bonds. The van der Waals surface area contributed by atoms with Crippen LogP contribution in [0.1, 0.15) is 44.9 Å². The number of rotatable bonds is 5. The van der Waals surface area contributed by atoms with Gasteiger partial charge in [-0.2, -0.15) is 0 Å². The first kappa shape index (κ1) is 14.1. The molecule has 2 N–H and O–H groups in total. The highest BCUT2D eigenvalue weighted by Crippen LogP contribution is 2.29. The van der Waals surface area contributed by atoms with E-state index in [9.17, 15) is 14.7 Å². The van der Waals surface area contributed by atoms with Gasteiger partial charge in [0.05, 0.1) is 5.92 Å². The number of hydrogen-bond acceptors (Lipinski definition) is 2. The van der Waals surface area contributed by atoms with E-state index in [4.69, 9.17) is 0 Å². The Morgan fingerprint density at radius 3 is 2.68 bits per heavy atom. The van der Waals surface area contributed by atoms with Crippen molar-refractivity contribution in [3.8, 4) is 0 Å². The van der Waals surface area contributed by atoms with Crippen molar-refractivity contribution in [3.05, 3.63) is 12.2 Å². The molecule has 2 aliphatic carbocycles. The van der Waals surface area contributed by atoms with Crippen molar-refractivity contribution in [1.29, 1.82) is 0 Å². The van der Waals surface area contributed by atoms with Gasteiger partial charge in [-0.1, -0.05) is 25.0 Å². The van der Waals surface area contributed by atoms with Crippen molar-refractivity contribution in [2.45, 2.75) is 44.9 Å². The minimum atomic E-state index is -0.710. The van der Waals surface area contributed by atoms with Crippen molar-refractivity contribution >= 4 is 11.9 Å². The van der Waals surface area contributed by atoms with E-state index in [2.05, 4.69) is 17.5 Å². The summed E-state index contributed by atoms with van der Waals surface area (Å²) in [6, 6.07) is 0. The molecule has 2 rings (SSSR count). The fraction of sp³-hybridized carbons (Fsp3) is 0.733. The zero-order valence-corrected chi connectivity index (χ0v) is 11.3. The molecule has 0 aromatic carbocycles. The molecule has 0 heterocycles. The van der Waals surface area contributed by atoms with Crippen LogP contribution in [0.15, 0.2) is 12.2 Å². The Labute approximate surface area is 114 Å². The Balaban J connectivity index is 1.75. The number of carbonyl (C=O) groups is 2. The third kappa shape index (κ3) is 4.08. The largest absolute Gasteiger partial charge is 0.481 e. The lowest BCUT2D eigenvalue weighted by Crippen LogP contribution is -2.37. The van der Waals surface area contributed by atoms with E-state index in [1.54, 1.807) is 0 Å². The van der Waals surface area contributed by atoms with Crippen molar-refractivity contribution in [1.82, 2.24) is 5.32 Å². The van der Waals surface area contributed by atoms with E-state index in [0.29, 0.717) is 18.9 Å². The summed E-state index contributed by atoms with van der Waals surface area (Å²) in [6.07, 6.45) is 10.7. The van der Waals surface area contributed by atoms with E-state index in [0.717, 1.165) is 38.5 Å². The van der Waals surface area contributed by atoms with E-state index >= 15 is 0 Å². The summed E-state index contributed by atoms with van der Waals surface area (Å²) in [4.78, 5) is 23.0. The molecule has 0 aliphatic heterocycles. The van der Waals surface area contributed by atoms with Gasteiger partial charge in [0.2, 0.25) is 5.91 Å². The molecule has 1 saturated carbocycles. The molecule has 0 aromatic heterocycles. The van der Waals surface area contributed by atoms with Gasteiger partial charge in [0, 0.05) is 13.0 Å². The van der Waals surface area contributed by atoms with Crippen molar-refractivity contribution < 1.29 is 14.7 Å². The third-order valence-electron chi connectivity index (χ3n) is 4.35. The number of allylic oxidation sites excluding steroid dienone is 2. The molecule has 0 radical (unpaired) electrons. The fourth-order valence-corrected chi connectivity index (χ4v) is 3.20. The lowest BCUT2D eigenvalue weighted by Gasteiger charge is -2.28. The van der Waals surface area contributed by atoms with Gasteiger partial charge in [-0.25, -0.2) is 0 Å². The molecule has 0 spiro atoms. The summed E-state index contributed by atoms with van der Waals surface area (Å²) < 4.78 is 0. The maximum atomic E-state index is 11.8. The molecule has 19 heavy (non-hydrogen) atoms. The fourth-order valence-electron chi connectivity index (χ4n) is 3.20. The normalized spacial score (nSPS) is 30.2. The van der Waals surface area contributed by atoms with Gasteiger partial charge in [0.1, 0.15) is 0 Å². The molecule has 106 valence electrons. The summed E-state index contributed by atoms with van der Waals surface area (Å²) in [5.41, 5.74) is 0. The molecule has 0 aromatic rings. The van der Waals surface area contributed by atoms with Crippen molar-refractivity contribution in [2.75, 3.05) is 6.54 Å². The Morgan fingerprint density at radius 1 is 1.21 bits per heavy atom. The van der Waals surface area contributed by atoms with Crippen LogP contribution in [0.3, 0.4) is 0 Å². The molecule has 3 unspecified atom stereocenters. The van der Waals surface area contributed by atoms with Crippen LogP contribution in [-0.2, 0) is 9.59 Å². The maximum absolute atomic E-state index is 11.8. The van der Waals surface area contributed by atoms with E-state index in [-0.39, 0.29) is 17.7 Å². The van der Waals surface area contributed by atoms with Crippen LogP contribution in [-0.4, -0.2) is 23.5 Å². The van der Waals surface area contributed by atoms with Gasteiger partial charge in [-0.3, -0.25) is 9.59 Å². The number of carbonyl (C=O) groups excluding carboxylic acids is 1. The number of amides is 1. The molecular formula is C15H23NO3. The second-order valence-electron chi connectivity index (χ2n) is 5.76. The zero-order valence-electron chi connectivity index (χ0n) is 11.3. The van der Waals surface area contributed by atoms with Gasteiger partial charge in [-0.15, -0.1) is 0 Å². The van der Waals surface area contributed by atoms with Gasteiger partial charge < -0.3 is 10.4 Å². The summed E-state index contributed by atoms with van der Waals surface area (Å²) in [5.74, 6) is -0.444. The Kier molecular flexibility index (Phi) is 5.00. The second-order valence-corrected chi connectivity index (χ2v) is 5.76. The number of carboxylic acids is 1. The zero-order chi connectivity index (χ0) is 13.7. The average molecular weight is 265 g/mol. The molecule has 4 heteroatoms. The molecule has 2 aliphatic rings. The third-order valence-corrected chi connectivity index (χ3v) is 4.35. The Morgan fingerprint density at radius 2 is 2.00 bits per heavy atom. The summed E-state index contributed by atoms with van der Waals surface area (Å²) in [5, 5.41) is 12.1.